The van der Waals surface area contributed by atoms with Gasteiger partial charge in [-0.25, -0.2) is 0 Å². The normalized spacial score (nSPS) is 16.1. The van der Waals surface area contributed by atoms with Crippen LogP contribution < -0.4 is 4.74 Å². The lowest BCUT2D eigenvalue weighted by molar-refractivity contribution is -0.385. The molecule has 1 aliphatic heterocycles. The molecule has 0 spiro atoms. The van der Waals surface area contributed by atoms with Crippen molar-refractivity contribution in [2.75, 3.05) is 39.5 Å². The number of rotatable bonds is 6. The third kappa shape index (κ3) is 3.89. The third-order valence-corrected chi connectivity index (χ3v) is 3.17. The smallest absolute Gasteiger partial charge is 0.310 e. The van der Waals surface area contributed by atoms with Crippen molar-refractivity contribution in [2.24, 2.45) is 0 Å². The van der Waals surface area contributed by atoms with Gasteiger partial charge in [0.15, 0.2) is 5.75 Å². The minimum Gasteiger partial charge on any atom is -0.485 e. The molecular weight excluding hydrogens is 264 g/mol. The summed E-state index contributed by atoms with van der Waals surface area (Å²) in [5.41, 5.74) is 0.515. The van der Waals surface area contributed by atoms with Gasteiger partial charge in [0.25, 0.3) is 0 Å². The summed E-state index contributed by atoms with van der Waals surface area (Å²) in [5, 5.41) is 20.0. The van der Waals surface area contributed by atoms with Gasteiger partial charge in [0.1, 0.15) is 6.61 Å². The third-order valence-electron chi connectivity index (χ3n) is 3.17. The lowest BCUT2D eigenvalue weighted by Gasteiger charge is -2.26. The van der Waals surface area contributed by atoms with Gasteiger partial charge in [0.05, 0.1) is 24.7 Å². The Bertz CT molecular complexity index is 460. The van der Waals surface area contributed by atoms with Crippen molar-refractivity contribution in [3.8, 4) is 5.75 Å². The molecular formula is C13H18N2O5. The Hall–Kier alpha value is -1.70. The van der Waals surface area contributed by atoms with Crippen LogP contribution in [0, 0.1) is 10.1 Å². The molecule has 7 nitrogen and oxygen atoms in total. The first-order chi connectivity index (χ1) is 9.70. The summed E-state index contributed by atoms with van der Waals surface area (Å²) in [4.78, 5) is 12.6. The summed E-state index contributed by atoms with van der Waals surface area (Å²) >= 11 is 0. The molecule has 2 rings (SSSR count). The number of morpholine rings is 1. The quantitative estimate of drug-likeness (QED) is 0.613. The summed E-state index contributed by atoms with van der Waals surface area (Å²) in [6.45, 7) is 4.02. The van der Waals surface area contributed by atoms with Gasteiger partial charge in [-0.15, -0.1) is 0 Å². The predicted octanol–water partition coefficient (Wildman–Crippen LogP) is 0.798. The number of ether oxygens (including phenoxy) is 2. The second-order valence-corrected chi connectivity index (χ2v) is 4.52. The summed E-state index contributed by atoms with van der Waals surface area (Å²) in [5.74, 6) is 0.204. The lowest BCUT2D eigenvalue weighted by atomic mass is 10.2. The molecule has 110 valence electrons. The Morgan fingerprint density at radius 2 is 2.15 bits per heavy atom. The Morgan fingerprint density at radius 1 is 1.40 bits per heavy atom. The van der Waals surface area contributed by atoms with E-state index in [-0.39, 0.29) is 18.0 Å². The monoisotopic (exact) mass is 282 g/mol. The summed E-state index contributed by atoms with van der Waals surface area (Å²) in [6, 6.07) is 4.39. The van der Waals surface area contributed by atoms with Gasteiger partial charge in [-0.3, -0.25) is 15.0 Å². The minimum atomic E-state index is -0.481. The Balaban J connectivity index is 1.94. The first-order valence-electron chi connectivity index (χ1n) is 6.52. The average molecular weight is 282 g/mol. The van der Waals surface area contributed by atoms with Crippen molar-refractivity contribution in [1.82, 2.24) is 4.90 Å². The van der Waals surface area contributed by atoms with Gasteiger partial charge >= 0.3 is 5.69 Å². The van der Waals surface area contributed by atoms with Gasteiger partial charge < -0.3 is 14.6 Å². The van der Waals surface area contributed by atoms with E-state index in [1.165, 1.54) is 18.2 Å². The van der Waals surface area contributed by atoms with Gasteiger partial charge in [-0.1, -0.05) is 0 Å². The number of hydrogen-bond donors (Lipinski definition) is 1. The van der Waals surface area contributed by atoms with Gasteiger partial charge in [0, 0.05) is 25.7 Å². The number of aliphatic hydroxyl groups excluding tert-OH is 1. The fourth-order valence-corrected chi connectivity index (χ4v) is 2.03. The van der Waals surface area contributed by atoms with Crippen molar-refractivity contribution in [1.29, 1.82) is 0 Å². The maximum absolute atomic E-state index is 10.9. The van der Waals surface area contributed by atoms with Crippen LogP contribution in [-0.2, 0) is 11.3 Å². The van der Waals surface area contributed by atoms with Crippen LogP contribution in [0.3, 0.4) is 0 Å². The number of nitro benzene ring substituents is 1. The van der Waals surface area contributed by atoms with Crippen LogP contribution in [0.4, 0.5) is 5.69 Å². The van der Waals surface area contributed by atoms with Crippen LogP contribution in [0.1, 0.15) is 5.56 Å². The van der Waals surface area contributed by atoms with Crippen molar-refractivity contribution >= 4 is 5.69 Å². The van der Waals surface area contributed by atoms with E-state index >= 15 is 0 Å². The molecule has 1 aromatic rings. The predicted molar refractivity (Wildman–Crippen MR) is 71.8 cm³/mol. The molecule has 0 aliphatic carbocycles. The molecule has 1 heterocycles. The van der Waals surface area contributed by atoms with E-state index in [0.717, 1.165) is 13.1 Å². The molecule has 0 atom stereocenters. The molecule has 1 saturated heterocycles. The van der Waals surface area contributed by atoms with Crippen LogP contribution in [0.2, 0.25) is 0 Å². The number of hydrogen-bond acceptors (Lipinski definition) is 6. The molecule has 0 aromatic heterocycles. The average Bonchev–Trinajstić information content (AvgIpc) is 2.48. The van der Waals surface area contributed by atoms with E-state index in [1.807, 2.05) is 0 Å². The van der Waals surface area contributed by atoms with Gasteiger partial charge in [0.2, 0.25) is 0 Å². The molecule has 1 aromatic carbocycles. The van der Waals surface area contributed by atoms with E-state index in [9.17, 15) is 10.1 Å². The van der Waals surface area contributed by atoms with Crippen LogP contribution >= 0.6 is 0 Å². The molecule has 0 bridgehead atoms. The zero-order chi connectivity index (χ0) is 14.4. The van der Waals surface area contributed by atoms with Gasteiger partial charge in [-0.05, 0) is 17.7 Å². The topological polar surface area (TPSA) is 85.1 Å². The van der Waals surface area contributed by atoms with E-state index in [4.69, 9.17) is 14.6 Å². The number of benzene rings is 1. The van der Waals surface area contributed by atoms with Gasteiger partial charge in [-0.2, -0.15) is 0 Å². The highest BCUT2D eigenvalue weighted by atomic mass is 16.6. The van der Waals surface area contributed by atoms with Crippen molar-refractivity contribution in [3.05, 3.63) is 33.9 Å². The maximum Gasteiger partial charge on any atom is 0.310 e. The molecule has 0 unspecified atom stereocenters. The maximum atomic E-state index is 10.9. The largest absolute Gasteiger partial charge is 0.485 e. The number of aliphatic hydroxyl groups is 1. The highest BCUT2D eigenvalue weighted by molar-refractivity contribution is 5.48. The zero-order valence-electron chi connectivity index (χ0n) is 11.2. The molecule has 0 saturated carbocycles. The van der Waals surface area contributed by atoms with E-state index in [2.05, 4.69) is 4.90 Å². The second kappa shape index (κ2) is 7.18. The molecule has 0 amide bonds. The fraction of sp³-hybridized carbons (Fsp3) is 0.538. The lowest BCUT2D eigenvalue weighted by Crippen LogP contribution is -2.38. The van der Waals surface area contributed by atoms with E-state index < -0.39 is 4.92 Å². The van der Waals surface area contributed by atoms with Crippen molar-refractivity contribution in [2.45, 2.75) is 6.61 Å². The molecule has 1 N–H and O–H groups in total. The molecule has 1 fully saturated rings. The highest BCUT2D eigenvalue weighted by Gasteiger charge is 2.16. The molecule has 1 aliphatic rings. The highest BCUT2D eigenvalue weighted by Crippen LogP contribution is 2.28. The van der Waals surface area contributed by atoms with E-state index in [0.29, 0.717) is 31.9 Å². The Morgan fingerprint density at radius 3 is 2.80 bits per heavy atom. The summed E-state index contributed by atoms with van der Waals surface area (Å²) in [7, 11) is 0. The SMILES string of the molecule is O=[N+]([O-])c1ccc(CO)cc1OCCN1CCOCC1. The second-order valence-electron chi connectivity index (χ2n) is 4.52. The van der Waals surface area contributed by atoms with Crippen LogP contribution in [0.25, 0.3) is 0 Å². The Labute approximate surface area is 116 Å². The number of nitro groups is 1. The molecule has 0 radical (unpaired) electrons. The molecule has 7 heteroatoms. The first kappa shape index (κ1) is 14.7. The van der Waals surface area contributed by atoms with Crippen LogP contribution in [0.15, 0.2) is 18.2 Å². The zero-order valence-corrected chi connectivity index (χ0v) is 11.2. The van der Waals surface area contributed by atoms with Crippen LogP contribution in [-0.4, -0.2) is 54.4 Å². The minimum absolute atomic E-state index is 0.0795. The standard InChI is InChI=1S/C13H18N2O5/c16-10-11-1-2-12(15(17)18)13(9-11)20-8-5-14-3-6-19-7-4-14/h1-2,9,16H,3-8,10H2. The Kier molecular flexibility index (Phi) is 5.28. The molecule has 20 heavy (non-hydrogen) atoms. The van der Waals surface area contributed by atoms with Crippen molar-refractivity contribution in [3.63, 3.8) is 0 Å². The summed E-state index contributed by atoms with van der Waals surface area (Å²) in [6.07, 6.45) is 0. The number of nitrogens with zero attached hydrogens (tertiary/aromatic N) is 2. The fourth-order valence-electron chi connectivity index (χ4n) is 2.03. The van der Waals surface area contributed by atoms with E-state index in [1.54, 1.807) is 0 Å². The summed E-state index contributed by atoms with van der Waals surface area (Å²) < 4.78 is 10.8. The van der Waals surface area contributed by atoms with Crippen molar-refractivity contribution < 1.29 is 19.5 Å². The first-order valence-corrected chi connectivity index (χ1v) is 6.52. The van der Waals surface area contributed by atoms with Crippen LogP contribution in [0.5, 0.6) is 5.75 Å².